The Balaban J connectivity index is 1.59. The van der Waals surface area contributed by atoms with Crippen LogP contribution in [0.25, 0.3) is 0 Å². The summed E-state index contributed by atoms with van der Waals surface area (Å²) in [6, 6.07) is 21.6. The summed E-state index contributed by atoms with van der Waals surface area (Å²) in [5, 5.41) is 6.72. The fraction of sp³-hybridized carbons (Fsp3) is 0.0870. The van der Waals surface area contributed by atoms with Gasteiger partial charge in [0.1, 0.15) is 11.6 Å². The summed E-state index contributed by atoms with van der Waals surface area (Å²) in [6.07, 6.45) is 0. The van der Waals surface area contributed by atoms with E-state index in [9.17, 15) is 14.0 Å². The Kier molecular flexibility index (Phi) is 6.89. The Hall–Kier alpha value is -4.00. The summed E-state index contributed by atoms with van der Waals surface area (Å²) >= 11 is 0. The fourth-order valence-corrected chi connectivity index (χ4v) is 2.57. The van der Waals surface area contributed by atoms with Crippen LogP contribution >= 0.6 is 0 Å². The number of nitrogens with zero attached hydrogens (tertiary/aromatic N) is 1. The maximum atomic E-state index is 13.8. The minimum atomic E-state index is -0.593. The van der Waals surface area contributed by atoms with Crippen LogP contribution in [0.4, 0.5) is 10.1 Å². The van der Waals surface area contributed by atoms with Crippen molar-refractivity contribution in [2.75, 3.05) is 11.9 Å². The summed E-state index contributed by atoms with van der Waals surface area (Å²) in [7, 11) is 0. The molecule has 0 fully saturated rings. The van der Waals surface area contributed by atoms with Gasteiger partial charge in [-0.3, -0.25) is 9.59 Å². The van der Waals surface area contributed by atoms with Gasteiger partial charge in [0.15, 0.2) is 6.61 Å². The number of hydrogen-bond donors (Lipinski definition) is 2. The zero-order valence-electron chi connectivity index (χ0n) is 16.3. The molecule has 0 radical (unpaired) electrons. The molecule has 30 heavy (non-hydrogen) atoms. The van der Waals surface area contributed by atoms with Crippen LogP contribution in [0.3, 0.4) is 0 Å². The zero-order chi connectivity index (χ0) is 21.3. The lowest BCUT2D eigenvalue weighted by atomic mass is 10.1. The molecular formula is C23H20FN3O3. The third kappa shape index (κ3) is 5.75. The minimum absolute atomic E-state index is 0.0426. The third-order valence-corrected chi connectivity index (χ3v) is 4.12. The molecule has 0 aliphatic heterocycles. The van der Waals surface area contributed by atoms with Gasteiger partial charge < -0.3 is 10.1 Å². The third-order valence-electron chi connectivity index (χ3n) is 4.12. The first-order chi connectivity index (χ1) is 14.5. The van der Waals surface area contributed by atoms with E-state index in [4.69, 9.17) is 4.74 Å². The van der Waals surface area contributed by atoms with Crippen molar-refractivity contribution in [3.8, 4) is 5.75 Å². The monoisotopic (exact) mass is 405 g/mol. The van der Waals surface area contributed by atoms with Gasteiger partial charge in [-0.15, -0.1) is 0 Å². The molecule has 0 bridgehead atoms. The molecule has 0 aliphatic carbocycles. The number of hydrogen-bond acceptors (Lipinski definition) is 4. The number of ether oxygens (including phenoxy) is 1. The van der Waals surface area contributed by atoms with E-state index in [0.717, 1.165) is 0 Å². The predicted octanol–water partition coefficient (Wildman–Crippen LogP) is 4.00. The van der Waals surface area contributed by atoms with Crippen LogP contribution in [-0.4, -0.2) is 24.1 Å². The summed E-state index contributed by atoms with van der Waals surface area (Å²) in [5.74, 6) is -0.954. The van der Waals surface area contributed by atoms with Gasteiger partial charge in [-0.25, -0.2) is 9.82 Å². The number of carbonyl (C=O) groups is 2. The number of nitrogens with one attached hydrogen (secondary N) is 2. The van der Waals surface area contributed by atoms with Crippen molar-refractivity contribution in [3.05, 3.63) is 95.8 Å². The minimum Gasteiger partial charge on any atom is -0.484 e. The van der Waals surface area contributed by atoms with E-state index in [1.807, 2.05) is 18.2 Å². The van der Waals surface area contributed by atoms with Crippen molar-refractivity contribution in [2.24, 2.45) is 5.10 Å². The maximum Gasteiger partial charge on any atom is 0.277 e. The first-order valence-electron chi connectivity index (χ1n) is 9.20. The molecule has 6 nitrogen and oxygen atoms in total. The number of benzene rings is 3. The molecule has 0 atom stereocenters. The molecule has 0 spiro atoms. The van der Waals surface area contributed by atoms with Crippen molar-refractivity contribution < 1.29 is 18.7 Å². The first kappa shape index (κ1) is 20.7. The lowest BCUT2D eigenvalue weighted by Crippen LogP contribution is -2.25. The van der Waals surface area contributed by atoms with Crippen molar-refractivity contribution in [2.45, 2.75) is 6.92 Å². The van der Waals surface area contributed by atoms with Gasteiger partial charge in [-0.2, -0.15) is 5.10 Å². The number of amides is 2. The standard InChI is InChI=1S/C23H20FN3O3/c1-16(26-27-22(28)15-30-19-10-3-2-4-11-19)17-8-7-9-18(14-17)25-23(29)20-12-5-6-13-21(20)24/h2-14H,15H2,1H3,(H,25,29)(H,27,28)/b26-16-. The maximum absolute atomic E-state index is 13.8. The smallest absolute Gasteiger partial charge is 0.277 e. The van der Waals surface area contributed by atoms with Crippen LogP contribution in [0.5, 0.6) is 5.75 Å². The molecule has 0 unspecified atom stereocenters. The molecule has 0 aliphatic rings. The average Bonchev–Trinajstić information content (AvgIpc) is 2.77. The molecule has 152 valence electrons. The predicted molar refractivity (Wildman–Crippen MR) is 113 cm³/mol. The normalized spacial score (nSPS) is 10.9. The second-order valence-corrected chi connectivity index (χ2v) is 6.35. The molecule has 2 N–H and O–H groups in total. The number of halogens is 1. The first-order valence-corrected chi connectivity index (χ1v) is 9.20. The quantitative estimate of drug-likeness (QED) is 0.461. The number of rotatable bonds is 7. The van der Waals surface area contributed by atoms with E-state index in [0.29, 0.717) is 22.7 Å². The SMILES string of the molecule is C/C(=N/NC(=O)COc1ccccc1)c1cccc(NC(=O)c2ccccc2F)c1. The lowest BCUT2D eigenvalue weighted by Gasteiger charge is -2.09. The van der Waals surface area contributed by atoms with Crippen LogP contribution in [0.1, 0.15) is 22.8 Å². The highest BCUT2D eigenvalue weighted by Crippen LogP contribution is 2.15. The summed E-state index contributed by atoms with van der Waals surface area (Å²) in [5.41, 5.74) is 4.09. The molecule has 0 aromatic heterocycles. The molecule has 0 saturated heterocycles. The molecule has 2 amide bonds. The van der Waals surface area contributed by atoms with Crippen molar-refractivity contribution in [3.63, 3.8) is 0 Å². The van der Waals surface area contributed by atoms with Crippen molar-refractivity contribution in [1.29, 1.82) is 0 Å². The highest BCUT2D eigenvalue weighted by molar-refractivity contribution is 6.05. The Labute approximate surface area is 173 Å². The average molecular weight is 405 g/mol. The van der Waals surface area contributed by atoms with E-state index >= 15 is 0 Å². The molecule has 0 heterocycles. The van der Waals surface area contributed by atoms with Gasteiger partial charge in [-0.05, 0) is 48.9 Å². The Morgan fingerprint density at radius 2 is 1.70 bits per heavy atom. The zero-order valence-corrected chi connectivity index (χ0v) is 16.3. The molecule has 0 saturated carbocycles. The highest BCUT2D eigenvalue weighted by atomic mass is 19.1. The molecule has 3 aromatic rings. The molecule has 3 aromatic carbocycles. The molecular weight excluding hydrogens is 385 g/mol. The number of hydrazone groups is 1. The van der Waals surface area contributed by atoms with Gasteiger partial charge in [0.05, 0.1) is 11.3 Å². The van der Waals surface area contributed by atoms with Crippen LogP contribution in [0.2, 0.25) is 0 Å². The van der Waals surface area contributed by atoms with Crippen LogP contribution in [0, 0.1) is 5.82 Å². The Morgan fingerprint density at radius 3 is 2.47 bits per heavy atom. The van der Waals surface area contributed by atoms with E-state index in [-0.39, 0.29) is 12.2 Å². The van der Waals surface area contributed by atoms with E-state index < -0.39 is 17.6 Å². The van der Waals surface area contributed by atoms with E-state index in [2.05, 4.69) is 15.8 Å². The van der Waals surface area contributed by atoms with Crippen LogP contribution in [0.15, 0.2) is 84.0 Å². The van der Waals surface area contributed by atoms with Gasteiger partial charge in [-0.1, -0.05) is 42.5 Å². The van der Waals surface area contributed by atoms with Crippen molar-refractivity contribution >= 4 is 23.2 Å². The Bertz CT molecular complexity index is 1070. The summed E-state index contributed by atoms with van der Waals surface area (Å²) in [4.78, 5) is 24.2. The number of anilines is 1. The van der Waals surface area contributed by atoms with Gasteiger partial charge in [0.25, 0.3) is 11.8 Å². The van der Waals surface area contributed by atoms with Crippen LogP contribution in [-0.2, 0) is 4.79 Å². The Morgan fingerprint density at radius 1 is 0.967 bits per heavy atom. The van der Waals surface area contributed by atoms with Gasteiger partial charge >= 0.3 is 0 Å². The highest BCUT2D eigenvalue weighted by Gasteiger charge is 2.11. The molecule has 3 rings (SSSR count). The van der Waals surface area contributed by atoms with Crippen molar-refractivity contribution in [1.82, 2.24) is 5.43 Å². The second-order valence-electron chi connectivity index (χ2n) is 6.35. The summed E-state index contributed by atoms with van der Waals surface area (Å²) < 4.78 is 19.1. The largest absolute Gasteiger partial charge is 0.484 e. The summed E-state index contributed by atoms with van der Waals surface area (Å²) in [6.45, 7) is 1.55. The fourth-order valence-electron chi connectivity index (χ4n) is 2.57. The van der Waals surface area contributed by atoms with E-state index in [1.54, 1.807) is 49.4 Å². The number of carbonyl (C=O) groups excluding carboxylic acids is 2. The van der Waals surface area contributed by atoms with Crippen LogP contribution < -0.4 is 15.5 Å². The topological polar surface area (TPSA) is 79.8 Å². The van der Waals surface area contributed by atoms with Gasteiger partial charge in [0.2, 0.25) is 0 Å². The number of para-hydroxylation sites is 1. The lowest BCUT2D eigenvalue weighted by molar-refractivity contribution is -0.123. The molecule has 7 heteroatoms. The van der Waals surface area contributed by atoms with Gasteiger partial charge in [0, 0.05) is 5.69 Å². The second kappa shape index (κ2) is 9.97. The van der Waals surface area contributed by atoms with E-state index in [1.165, 1.54) is 18.2 Å².